The van der Waals surface area contributed by atoms with E-state index in [1.54, 1.807) is 12.3 Å². The maximum atomic E-state index is 15.0. The lowest BCUT2D eigenvalue weighted by molar-refractivity contribution is 0.573. The summed E-state index contributed by atoms with van der Waals surface area (Å²) >= 11 is 0. The highest BCUT2D eigenvalue weighted by molar-refractivity contribution is 6.09. The molecule has 0 atom stereocenters. The van der Waals surface area contributed by atoms with Gasteiger partial charge in [-0.2, -0.15) is 0 Å². The van der Waals surface area contributed by atoms with E-state index in [1.165, 1.54) is 6.07 Å². The molecule has 0 amide bonds. The number of nitrogens with zero attached hydrogens (tertiary/aromatic N) is 3. The summed E-state index contributed by atoms with van der Waals surface area (Å²) in [4.78, 5) is 9.76. The Bertz CT molecular complexity index is 1660. The lowest BCUT2D eigenvalue weighted by Crippen LogP contribution is -2.15. The number of furan rings is 1. The molecule has 0 bridgehead atoms. The standard InChI is InChI=1S/C28H22FN3O/c1-28(2,3)26-24-21(15-16-30-26)31-27(32(24)17-9-5-4-6-10-17)19-13-14-20(29)23-18-11-7-8-12-22(18)33-25(19)23/h4-16H,1-3H3. The molecule has 33 heavy (non-hydrogen) atoms. The molecule has 3 heterocycles. The van der Waals surface area contributed by atoms with Crippen LogP contribution in [-0.2, 0) is 5.41 Å². The first-order valence-electron chi connectivity index (χ1n) is 11.0. The fourth-order valence-electron chi connectivity index (χ4n) is 4.55. The van der Waals surface area contributed by atoms with E-state index in [1.807, 2.05) is 60.7 Å². The summed E-state index contributed by atoms with van der Waals surface area (Å²) in [6.07, 6.45) is 1.80. The molecule has 5 heteroatoms. The van der Waals surface area contributed by atoms with Crippen LogP contribution in [0.25, 0.3) is 50.0 Å². The second kappa shape index (κ2) is 7.01. The summed E-state index contributed by atoms with van der Waals surface area (Å²) in [6.45, 7) is 6.43. The zero-order valence-electron chi connectivity index (χ0n) is 18.6. The van der Waals surface area contributed by atoms with Crippen molar-refractivity contribution in [2.24, 2.45) is 0 Å². The second-order valence-corrected chi connectivity index (χ2v) is 9.28. The number of pyridine rings is 1. The minimum Gasteiger partial charge on any atom is -0.455 e. The predicted molar refractivity (Wildman–Crippen MR) is 130 cm³/mol. The fourth-order valence-corrected chi connectivity index (χ4v) is 4.55. The highest BCUT2D eigenvalue weighted by Gasteiger charge is 2.26. The van der Waals surface area contributed by atoms with Crippen LogP contribution in [0.3, 0.4) is 0 Å². The zero-order chi connectivity index (χ0) is 22.7. The van der Waals surface area contributed by atoms with Crippen molar-refractivity contribution in [3.05, 3.63) is 90.5 Å². The van der Waals surface area contributed by atoms with Crippen LogP contribution >= 0.6 is 0 Å². The quantitative estimate of drug-likeness (QED) is 0.284. The summed E-state index contributed by atoms with van der Waals surface area (Å²) in [5.74, 6) is 0.386. The van der Waals surface area contributed by atoms with Gasteiger partial charge >= 0.3 is 0 Å². The number of imidazole rings is 1. The van der Waals surface area contributed by atoms with E-state index in [4.69, 9.17) is 14.4 Å². The molecule has 0 aliphatic carbocycles. The molecule has 162 valence electrons. The second-order valence-electron chi connectivity index (χ2n) is 9.28. The smallest absolute Gasteiger partial charge is 0.149 e. The van der Waals surface area contributed by atoms with Crippen molar-refractivity contribution in [2.45, 2.75) is 26.2 Å². The van der Waals surface area contributed by atoms with Gasteiger partial charge in [0.15, 0.2) is 0 Å². The van der Waals surface area contributed by atoms with Gasteiger partial charge in [-0.3, -0.25) is 9.55 Å². The van der Waals surface area contributed by atoms with Gasteiger partial charge in [0.1, 0.15) is 22.8 Å². The molecule has 6 rings (SSSR count). The Labute approximate surface area is 190 Å². The monoisotopic (exact) mass is 435 g/mol. The van der Waals surface area contributed by atoms with Gasteiger partial charge in [-0.15, -0.1) is 0 Å². The van der Waals surface area contributed by atoms with Crippen LogP contribution in [-0.4, -0.2) is 14.5 Å². The lowest BCUT2D eigenvalue weighted by atomic mass is 9.90. The molecule has 4 nitrogen and oxygen atoms in total. The van der Waals surface area contributed by atoms with Gasteiger partial charge in [0.25, 0.3) is 0 Å². The minimum atomic E-state index is -0.307. The molecule has 0 N–H and O–H groups in total. The normalized spacial score (nSPS) is 12.2. The van der Waals surface area contributed by atoms with E-state index in [-0.39, 0.29) is 11.2 Å². The molecule has 0 aliphatic heterocycles. The van der Waals surface area contributed by atoms with E-state index in [9.17, 15) is 4.39 Å². The highest BCUT2D eigenvalue weighted by Crippen LogP contribution is 2.40. The van der Waals surface area contributed by atoms with Gasteiger partial charge in [-0.05, 0) is 36.4 Å². The van der Waals surface area contributed by atoms with E-state index in [2.05, 4.69) is 25.3 Å². The molecular formula is C28H22FN3O. The van der Waals surface area contributed by atoms with Crippen molar-refractivity contribution in [3.8, 4) is 17.1 Å². The van der Waals surface area contributed by atoms with Crippen LogP contribution < -0.4 is 0 Å². The van der Waals surface area contributed by atoms with Crippen molar-refractivity contribution in [3.63, 3.8) is 0 Å². The Morgan fingerprint density at radius 1 is 0.879 bits per heavy atom. The van der Waals surface area contributed by atoms with Gasteiger partial charge in [0, 0.05) is 22.7 Å². The number of hydrogen-bond acceptors (Lipinski definition) is 3. The summed E-state index contributed by atoms with van der Waals surface area (Å²) in [6, 6.07) is 22.8. The SMILES string of the molecule is CC(C)(C)c1nccc2nc(-c3ccc(F)c4c3oc3ccccc34)n(-c3ccccc3)c12. The van der Waals surface area contributed by atoms with Gasteiger partial charge in [-0.25, -0.2) is 9.37 Å². The Balaban J connectivity index is 1.78. The third-order valence-corrected chi connectivity index (χ3v) is 6.01. The molecule has 0 spiro atoms. The van der Waals surface area contributed by atoms with Crippen LogP contribution in [0, 0.1) is 5.82 Å². The van der Waals surface area contributed by atoms with Crippen LogP contribution in [0.5, 0.6) is 0 Å². The fraction of sp³-hybridized carbons (Fsp3) is 0.143. The third-order valence-electron chi connectivity index (χ3n) is 6.01. The number of rotatable bonds is 2. The van der Waals surface area contributed by atoms with Crippen LogP contribution in [0.1, 0.15) is 26.5 Å². The lowest BCUT2D eigenvalue weighted by Gasteiger charge is -2.20. The van der Waals surface area contributed by atoms with E-state index < -0.39 is 0 Å². The predicted octanol–water partition coefficient (Wildman–Crippen LogP) is 7.42. The Morgan fingerprint density at radius 2 is 1.64 bits per heavy atom. The van der Waals surface area contributed by atoms with Crippen molar-refractivity contribution in [1.82, 2.24) is 14.5 Å². The minimum absolute atomic E-state index is 0.194. The van der Waals surface area contributed by atoms with Gasteiger partial charge in [0.05, 0.1) is 27.7 Å². The third kappa shape index (κ3) is 2.96. The molecule has 3 aromatic heterocycles. The first-order valence-corrected chi connectivity index (χ1v) is 11.0. The molecule has 3 aromatic carbocycles. The van der Waals surface area contributed by atoms with E-state index in [0.29, 0.717) is 22.4 Å². The Kier molecular flexibility index (Phi) is 4.18. The summed E-state index contributed by atoms with van der Waals surface area (Å²) in [5, 5.41) is 1.23. The van der Waals surface area contributed by atoms with E-state index >= 15 is 0 Å². The highest BCUT2D eigenvalue weighted by atomic mass is 19.1. The molecule has 0 saturated heterocycles. The summed E-state index contributed by atoms with van der Waals surface area (Å²) < 4.78 is 23.3. The average molecular weight is 436 g/mol. The number of halogens is 1. The number of aromatic nitrogens is 3. The molecule has 6 aromatic rings. The average Bonchev–Trinajstić information content (AvgIpc) is 3.38. The van der Waals surface area contributed by atoms with Crippen LogP contribution in [0.15, 0.2) is 83.4 Å². The first-order chi connectivity index (χ1) is 15.9. The molecule has 0 unspecified atom stereocenters. The van der Waals surface area contributed by atoms with Crippen molar-refractivity contribution < 1.29 is 8.81 Å². The largest absolute Gasteiger partial charge is 0.455 e. The molecule has 0 saturated carbocycles. The maximum absolute atomic E-state index is 15.0. The van der Waals surface area contributed by atoms with E-state index in [0.717, 1.165) is 33.4 Å². The summed E-state index contributed by atoms with van der Waals surface area (Å²) in [5.41, 5.74) is 5.38. The van der Waals surface area contributed by atoms with Crippen molar-refractivity contribution in [2.75, 3.05) is 0 Å². The molecule has 0 radical (unpaired) electrons. The van der Waals surface area contributed by atoms with Crippen LogP contribution in [0.4, 0.5) is 4.39 Å². The number of para-hydroxylation sites is 2. The van der Waals surface area contributed by atoms with Gasteiger partial charge in [-0.1, -0.05) is 57.2 Å². The summed E-state index contributed by atoms with van der Waals surface area (Å²) in [7, 11) is 0. The number of benzene rings is 3. The van der Waals surface area contributed by atoms with Gasteiger partial charge in [0.2, 0.25) is 0 Å². The molecule has 0 fully saturated rings. The Hall–Kier alpha value is -3.99. The first kappa shape index (κ1) is 19.7. The van der Waals surface area contributed by atoms with Crippen LogP contribution in [0.2, 0.25) is 0 Å². The number of hydrogen-bond donors (Lipinski definition) is 0. The molecule has 0 aliphatic rings. The number of fused-ring (bicyclic) bond motifs is 4. The Morgan fingerprint density at radius 3 is 2.42 bits per heavy atom. The maximum Gasteiger partial charge on any atom is 0.149 e. The molecular weight excluding hydrogens is 413 g/mol. The van der Waals surface area contributed by atoms with Gasteiger partial charge < -0.3 is 4.42 Å². The van der Waals surface area contributed by atoms with Crippen molar-refractivity contribution in [1.29, 1.82) is 0 Å². The zero-order valence-corrected chi connectivity index (χ0v) is 18.6. The van der Waals surface area contributed by atoms with Crippen molar-refractivity contribution >= 4 is 33.0 Å². The topological polar surface area (TPSA) is 43.9 Å².